The molecular formula is C31H39N3O6S. The largest absolute Gasteiger partial charge is 0.493 e. The predicted octanol–water partition coefficient (Wildman–Crippen LogP) is 4.54. The lowest BCUT2D eigenvalue weighted by Crippen LogP contribution is -2.51. The number of ether oxygens (including phenoxy) is 2. The lowest BCUT2D eigenvalue weighted by atomic mass is 10.1. The van der Waals surface area contributed by atoms with Crippen molar-refractivity contribution in [3.05, 3.63) is 83.9 Å². The zero-order valence-corrected chi connectivity index (χ0v) is 25.1. The molecule has 0 bridgehead atoms. The van der Waals surface area contributed by atoms with Crippen molar-refractivity contribution >= 4 is 27.5 Å². The fourth-order valence-corrected chi connectivity index (χ4v) is 5.67. The Balaban J connectivity index is 2.01. The van der Waals surface area contributed by atoms with Crippen LogP contribution in [0.5, 0.6) is 11.5 Å². The predicted molar refractivity (Wildman–Crippen MR) is 160 cm³/mol. The maximum Gasteiger partial charge on any atom is 0.264 e. The Labute approximate surface area is 243 Å². The molecule has 3 aromatic rings. The zero-order valence-electron chi connectivity index (χ0n) is 24.3. The van der Waals surface area contributed by atoms with Crippen LogP contribution in [0.1, 0.15) is 37.8 Å². The summed E-state index contributed by atoms with van der Waals surface area (Å²) in [6.07, 6.45) is 1.73. The first-order valence-corrected chi connectivity index (χ1v) is 15.0. The SMILES string of the molecule is CCCCNC(=O)[C@@H](C)N(Cc1ccc(C)cc1)C(=O)CN(c1ccccc1)S(=O)(=O)c1ccc(OC)c(OC)c1. The molecule has 9 nitrogen and oxygen atoms in total. The summed E-state index contributed by atoms with van der Waals surface area (Å²) in [6.45, 7) is 5.77. The standard InChI is InChI=1S/C31H39N3O6S/c1-6-7-19-32-31(36)24(3)33(21-25-15-13-23(2)14-16-25)30(35)22-34(26-11-9-8-10-12-26)41(37,38)27-17-18-28(39-4)29(20-27)40-5/h8-18,20,24H,6-7,19,21-22H2,1-5H3,(H,32,36)/t24-/m1/s1. The Morgan fingerprint density at radius 3 is 2.20 bits per heavy atom. The molecule has 1 atom stereocenters. The lowest BCUT2D eigenvalue weighted by Gasteiger charge is -2.32. The van der Waals surface area contributed by atoms with Crippen LogP contribution in [-0.4, -0.2) is 58.5 Å². The number of rotatable bonds is 14. The van der Waals surface area contributed by atoms with Gasteiger partial charge in [0.15, 0.2) is 11.5 Å². The van der Waals surface area contributed by atoms with Gasteiger partial charge in [0.1, 0.15) is 12.6 Å². The minimum atomic E-state index is -4.23. The highest BCUT2D eigenvalue weighted by Crippen LogP contribution is 2.32. The average molecular weight is 582 g/mol. The number of carbonyl (C=O) groups excluding carboxylic acids is 2. The number of sulfonamides is 1. The third-order valence-corrected chi connectivity index (χ3v) is 8.51. The monoisotopic (exact) mass is 581 g/mol. The molecule has 0 radical (unpaired) electrons. The summed E-state index contributed by atoms with van der Waals surface area (Å²) in [6, 6.07) is 19.5. The van der Waals surface area contributed by atoms with Gasteiger partial charge in [-0.2, -0.15) is 0 Å². The Kier molecular flexibility index (Phi) is 11.2. The molecule has 0 aliphatic rings. The van der Waals surface area contributed by atoms with E-state index in [1.807, 2.05) is 38.1 Å². The highest BCUT2D eigenvalue weighted by molar-refractivity contribution is 7.92. The second-order valence-electron chi connectivity index (χ2n) is 9.69. The number of anilines is 1. The number of hydrogen-bond donors (Lipinski definition) is 1. The van der Waals surface area contributed by atoms with Crippen molar-refractivity contribution < 1.29 is 27.5 Å². The van der Waals surface area contributed by atoms with Crippen molar-refractivity contribution in [1.82, 2.24) is 10.2 Å². The van der Waals surface area contributed by atoms with Crippen LogP contribution in [0.3, 0.4) is 0 Å². The Bertz CT molecular complexity index is 1410. The summed E-state index contributed by atoms with van der Waals surface area (Å²) in [5.74, 6) is -0.197. The molecule has 1 N–H and O–H groups in total. The molecule has 0 heterocycles. The van der Waals surface area contributed by atoms with E-state index in [1.165, 1.54) is 37.3 Å². The normalized spacial score (nSPS) is 11.8. The second kappa shape index (κ2) is 14.5. The van der Waals surface area contributed by atoms with Crippen LogP contribution >= 0.6 is 0 Å². The molecule has 10 heteroatoms. The molecule has 0 fully saturated rings. The summed E-state index contributed by atoms with van der Waals surface area (Å²) in [7, 11) is -1.35. The minimum absolute atomic E-state index is 0.0674. The van der Waals surface area contributed by atoms with Crippen molar-refractivity contribution in [1.29, 1.82) is 0 Å². The van der Waals surface area contributed by atoms with Crippen LogP contribution in [0, 0.1) is 6.92 Å². The van der Waals surface area contributed by atoms with Crippen molar-refractivity contribution in [2.45, 2.75) is 51.1 Å². The lowest BCUT2D eigenvalue weighted by molar-refractivity contribution is -0.139. The summed E-state index contributed by atoms with van der Waals surface area (Å²) < 4.78 is 39.7. The van der Waals surface area contributed by atoms with E-state index in [-0.39, 0.29) is 23.1 Å². The maximum atomic E-state index is 14.0. The second-order valence-corrected chi connectivity index (χ2v) is 11.6. The van der Waals surface area contributed by atoms with Crippen LogP contribution in [0.4, 0.5) is 5.69 Å². The molecule has 0 spiro atoms. The highest BCUT2D eigenvalue weighted by atomic mass is 32.2. The number of benzene rings is 3. The van der Waals surface area contributed by atoms with Gasteiger partial charge in [-0.05, 0) is 50.1 Å². The van der Waals surface area contributed by atoms with Gasteiger partial charge in [0, 0.05) is 19.2 Å². The van der Waals surface area contributed by atoms with Gasteiger partial charge in [0.2, 0.25) is 11.8 Å². The third kappa shape index (κ3) is 8.00. The van der Waals surface area contributed by atoms with E-state index in [2.05, 4.69) is 5.32 Å². The molecular weight excluding hydrogens is 542 g/mol. The van der Waals surface area contributed by atoms with Crippen molar-refractivity contribution in [3.63, 3.8) is 0 Å². The van der Waals surface area contributed by atoms with E-state index in [4.69, 9.17) is 9.47 Å². The number of amides is 2. The molecule has 0 aliphatic heterocycles. The third-order valence-electron chi connectivity index (χ3n) is 6.74. The smallest absolute Gasteiger partial charge is 0.264 e. The average Bonchev–Trinajstić information content (AvgIpc) is 2.99. The summed E-state index contributed by atoms with van der Waals surface area (Å²) in [5, 5.41) is 2.89. The van der Waals surface area contributed by atoms with Crippen molar-refractivity contribution in [2.75, 3.05) is 31.6 Å². The number of aryl methyl sites for hydroxylation is 1. The van der Waals surface area contributed by atoms with Gasteiger partial charge in [-0.25, -0.2) is 8.42 Å². The molecule has 3 aromatic carbocycles. The van der Waals surface area contributed by atoms with E-state index in [0.717, 1.165) is 28.3 Å². The molecule has 41 heavy (non-hydrogen) atoms. The van der Waals surface area contributed by atoms with E-state index in [9.17, 15) is 18.0 Å². The first-order chi connectivity index (χ1) is 19.6. The van der Waals surface area contributed by atoms with E-state index >= 15 is 0 Å². The number of methoxy groups -OCH3 is 2. The van der Waals surface area contributed by atoms with Crippen molar-refractivity contribution in [3.8, 4) is 11.5 Å². The van der Waals surface area contributed by atoms with Gasteiger partial charge in [-0.1, -0.05) is 61.4 Å². The Morgan fingerprint density at radius 1 is 0.927 bits per heavy atom. The quantitative estimate of drug-likeness (QED) is 0.280. The molecule has 2 amide bonds. The molecule has 0 saturated carbocycles. The first kappa shape index (κ1) is 31.5. The Morgan fingerprint density at radius 2 is 1.59 bits per heavy atom. The zero-order chi connectivity index (χ0) is 30.0. The van der Waals surface area contributed by atoms with Gasteiger partial charge in [-0.3, -0.25) is 13.9 Å². The topological polar surface area (TPSA) is 105 Å². The fourth-order valence-electron chi connectivity index (χ4n) is 4.24. The minimum Gasteiger partial charge on any atom is -0.493 e. The molecule has 3 rings (SSSR count). The maximum absolute atomic E-state index is 14.0. The van der Waals surface area contributed by atoms with Gasteiger partial charge < -0.3 is 19.7 Å². The number of carbonyl (C=O) groups is 2. The van der Waals surface area contributed by atoms with Crippen LogP contribution < -0.4 is 19.1 Å². The molecule has 220 valence electrons. The number of nitrogens with one attached hydrogen (secondary N) is 1. The number of para-hydroxylation sites is 1. The summed E-state index contributed by atoms with van der Waals surface area (Å²) in [5.41, 5.74) is 2.20. The van der Waals surface area contributed by atoms with Crippen LogP contribution in [0.2, 0.25) is 0 Å². The van der Waals surface area contributed by atoms with E-state index < -0.39 is 28.5 Å². The van der Waals surface area contributed by atoms with Gasteiger partial charge >= 0.3 is 0 Å². The summed E-state index contributed by atoms with van der Waals surface area (Å²) in [4.78, 5) is 28.4. The number of hydrogen-bond acceptors (Lipinski definition) is 6. The molecule has 0 aromatic heterocycles. The van der Waals surface area contributed by atoms with Crippen molar-refractivity contribution in [2.24, 2.45) is 0 Å². The fraction of sp³-hybridized carbons (Fsp3) is 0.355. The van der Waals surface area contributed by atoms with Crippen LogP contribution in [0.25, 0.3) is 0 Å². The molecule has 0 unspecified atom stereocenters. The summed E-state index contributed by atoms with van der Waals surface area (Å²) >= 11 is 0. The Hall–Kier alpha value is -4.05. The number of nitrogens with zero attached hydrogens (tertiary/aromatic N) is 2. The molecule has 0 aliphatic carbocycles. The highest BCUT2D eigenvalue weighted by Gasteiger charge is 2.33. The van der Waals surface area contributed by atoms with E-state index in [1.54, 1.807) is 37.3 Å². The number of unbranched alkanes of at least 4 members (excludes halogenated alkanes) is 1. The van der Waals surface area contributed by atoms with Gasteiger partial charge in [0.05, 0.1) is 24.8 Å². The van der Waals surface area contributed by atoms with E-state index in [0.29, 0.717) is 18.0 Å². The van der Waals surface area contributed by atoms with Crippen LogP contribution in [-0.2, 0) is 26.2 Å². The molecule has 0 saturated heterocycles. The van der Waals surface area contributed by atoms with Gasteiger partial charge in [0.25, 0.3) is 10.0 Å². The van der Waals surface area contributed by atoms with Crippen LogP contribution in [0.15, 0.2) is 77.7 Å². The first-order valence-electron chi connectivity index (χ1n) is 13.5. The van der Waals surface area contributed by atoms with Gasteiger partial charge in [-0.15, -0.1) is 0 Å².